The van der Waals surface area contributed by atoms with Gasteiger partial charge in [-0.3, -0.25) is 4.40 Å². The molecule has 1 fully saturated rings. The van der Waals surface area contributed by atoms with Crippen LogP contribution in [0, 0.1) is 6.92 Å². The molecule has 160 valence electrons. The number of aromatic nitrogens is 3. The Kier molecular flexibility index (Phi) is 5.70. The smallest absolute Gasteiger partial charge is 0.211 e. The molecule has 0 radical (unpaired) electrons. The Bertz CT molecular complexity index is 1080. The molecule has 1 saturated heterocycles. The number of nitrogens with two attached hydrogens (primary N) is 1. The zero-order valence-corrected chi connectivity index (χ0v) is 19.4. The summed E-state index contributed by atoms with van der Waals surface area (Å²) in [4.78, 5) is 14.3. The van der Waals surface area contributed by atoms with E-state index in [1.54, 1.807) is 6.07 Å². The van der Waals surface area contributed by atoms with E-state index in [1.807, 2.05) is 25.3 Å². The van der Waals surface area contributed by atoms with Gasteiger partial charge in [-0.1, -0.05) is 35.3 Å². The predicted molar refractivity (Wildman–Crippen MR) is 125 cm³/mol. The van der Waals surface area contributed by atoms with Crippen LogP contribution < -0.4 is 10.6 Å². The molecule has 3 aromatic rings. The Labute approximate surface area is 187 Å². The van der Waals surface area contributed by atoms with Crippen LogP contribution in [0.3, 0.4) is 0 Å². The standard InChI is InChI=1S/C22H28Cl2N6/c1-14-18(16-6-5-7-17(23)19(16)24)20-26-12-15(13-28(3)4)30(20)21(27-14)29-10-8-22(2,25)9-11-29/h5-7,12H,8-11,13,25H2,1-4H3. The first-order valence-corrected chi connectivity index (χ1v) is 10.9. The van der Waals surface area contributed by atoms with Crippen molar-refractivity contribution in [2.24, 2.45) is 5.73 Å². The van der Waals surface area contributed by atoms with Crippen molar-refractivity contribution in [1.82, 2.24) is 19.3 Å². The Balaban J connectivity index is 1.93. The molecule has 30 heavy (non-hydrogen) atoms. The lowest BCUT2D eigenvalue weighted by molar-refractivity contribution is 0.360. The first kappa shape index (κ1) is 21.4. The predicted octanol–water partition coefficient (Wildman–Crippen LogP) is 4.39. The van der Waals surface area contributed by atoms with Gasteiger partial charge in [0.1, 0.15) is 5.65 Å². The van der Waals surface area contributed by atoms with Gasteiger partial charge < -0.3 is 15.5 Å². The minimum absolute atomic E-state index is 0.125. The lowest BCUT2D eigenvalue weighted by Crippen LogP contribution is -2.49. The van der Waals surface area contributed by atoms with E-state index in [0.29, 0.717) is 10.0 Å². The van der Waals surface area contributed by atoms with Crippen molar-refractivity contribution in [3.63, 3.8) is 0 Å². The Morgan fingerprint density at radius 2 is 1.90 bits per heavy atom. The molecular formula is C22H28Cl2N6. The zero-order chi connectivity index (χ0) is 21.6. The second-order valence-electron chi connectivity index (χ2n) is 8.76. The number of piperidine rings is 1. The van der Waals surface area contributed by atoms with Crippen LogP contribution in [-0.4, -0.2) is 52.0 Å². The molecule has 0 spiro atoms. The molecule has 0 bridgehead atoms. The highest BCUT2D eigenvalue weighted by molar-refractivity contribution is 6.43. The van der Waals surface area contributed by atoms with Gasteiger partial charge in [-0.05, 0) is 46.9 Å². The molecule has 2 N–H and O–H groups in total. The molecule has 0 atom stereocenters. The number of fused-ring (bicyclic) bond motifs is 1. The fourth-order valence-corrected chi connectivity index (χ4v) is 4.48. The van der Waals surface area contributed by atoms with Crippen molar-refractivity contribution in [2.75, 3.05) is 32.1 Å². The highest BCUT2D eigenvalue weighted by atomic mass is 35.5. The van der Waals surface area contributed by atoms with E-state index >= 15 is 0 Å². The van der Waals surface area contributed by atoms with Crippen LogP contribution in [0.2, 0.25) is 10.0 Å². The number of aryl methyl sites for hydroxylation is 1. The second-order valence-corrected chi connectivity index (χ2v) is 9.55. The molecule has 0 saturated carbocycles. The van der Waals surface area contributed by atoms with Crippen molar-refractivity contribution in [3.8, 4) is 11.1 Å². The van der Waals surface area contributed by atoms with Gasteiger partial charge in [0.25, 0.3) is 0 Å². The number of benzene rings is 1. The van der Waals surface area contributed by atoms with Crippen molar-refractivity contribution in [1.29, 1.82) is 0 Å². The van der Waals surface area contributed by atoms with Gasteiger partial charge in [-0.15, -0.1) is 0 Å². The van der Waals surface area contributed by atoms with Gasteiger partial charge in [0.2, 0.25) is 5.95 Å². The van der Waals surface area contributed by atoms with E-state index in [0.717, 1.165) is 66.6 Å². The maximum absolute atomic E-state index is 6.58. The second kappa shape index (κ2) is 8.00. The summed E-state index contributed by atoms with van der Waals surface area (Å²) in [6, 6.07) is 5.67. The van der Waals surface area contributed by atoms with Crippen LogP contribution in [0.25, 0.3) is 16.8 Å². The van der Waals surface area contributed by atoms with Gasteiger partial charge in [-0.2, -0.15) is 0 Å². The maximum Gasteiger partial charge on any atom is 0.211 e. The topological polar surface area (TPSA) is 62.7 Å². The van der Waals surface area contributed by atoms with E-state index in [1.165, 1.54) is 0 Å². The quantitative estimate of drug-likeness (QED) is 0.643. The lowest BCUT2D eigenvalue weighted by Gasteiger charge is -2.37. The summed E-state index contributed by atoms with van der Waals surface area (Å²) in [5.41, 5.74) is 10.8. The monoisotopic (exact) mass is 446 g/mol. The molecule has 0 unspecified atom stereocenters. The zero-order valence-electron chi connectivity index (χ0n) is 17.9. The van der Waals surface area contributed by atoms with E-state index in [2.05, 4.69) is 35.2 Å². The number of rotatable bonds is 4. The third-order valence-corrected chi connectivity index (χ3v) is 6.59. The van der Waals surface area contributed by atoms with Gasteiger partial charge in [0.05, 0.1) is 27.6 Å². The molecule has 1 aliphatic rings. The molecule has 1 aromatic carbocycles. The summed E-state index contributed by atoms with van der Waals surface area (Å²) < 4.78 is 2.17. The van der Waals surface area contributed by atoms with Gasteiger partial charge in [0, 0.05) is 36.3 Å². The fraction of sp³-hybridized carbons (Fsp3) is 0.455. The lowest BCUT2D eigenvalue weighted by atomic mass is 9.91. The van der Waals surface area contributed by atoms with Gasteiger partial charge in [-0.25, -0.2) is 9.97 Å². The first-order valence-electron chi connectivity index (χ1n) is 10.2. The maximum atomic E-state index is 6.58. The SMILES string of the molecule is Cc1nc(N2CCC(C)(N)CC2)n2c(CN(C)C)cnc2c1-c1cccc(Cl)c1Cl. The average Bonchev–Trinajstić information content (AvgIpc) is 3.07. The van der Waals surface area contributed by atoms with Crippen LogP contribution >= 0.6 is 23.2 Å². The van der Waals surface area contributed by atoms with Gasteiger partial charge in [0.15, 0.2) is 0 Å². The first-order chi connectivity index (χ1) is 14.2. The third-order valence-electron chi connectivity index (χ3n) is 5.78. The van der Waals surface area contributed by atoms with Crippen molar-refractivity contribution < 1.29 is 0 Å². The minimum Gasteiger partial charge on any atom is -0.342 e. The van der Waals surface area contributed by atoms with Crippen LogP contribution in [0.15, 0.2) is 24.4 Å². The number of anilines is 1. The van der Waals surface area contributed by atoms with Crippen LogP contribution in [0.1, 0.15) is 31.2 Å². The Morgan fingerprint density at radius 3 is 2.57 bits per heavy atom. The molecule has 6 nitrogen and oxygen atoms in total. The number of nitrogens with zero attached hydrogens (tertiary/aromatic N) is 5. The fourth-order valence-electron chi connectivity index (χ4n) is 4.08. The van der Waals surface area contributed by atoms with Crippen LogP contribution in [0.4, 0.5) is 5.95 Å². The van der Waals surface area contributed by atoms with Crippen molar-refractivity contribution >= 4 is 34.8 Å². The van der Waals surface area contributed by atoms with E-state index in [4.69, 9.17) is 38.9 Å². The largest absolute Gasteiger partial charge is 0.342 e. The number of hydrogen-bond acceptors (Lipinski definition) is 5. The molecule has 1 aliphatic heterocycles. The molecule has 0 aliphatic carbocycles. The van der Waals surface area contributed by atoms with Crippen LogP contribution in [-0.2, 0) is 6.54 Å². The summed E-state index contributed by atoms with van der Waals surface area (Å²) in [7, 11) is 4.10. The third kappa shape index (κ3) is 3.89. The van der Waals surface area contributed by atoms with Gasteiger partial charge >= 0.3 is 0 Å². The molecule has 3 heterocycles. The average molecular weight is 447 g/mol. The number of halogens is 2. The van der Waals surface area contributed by atoms with E-state index < -0.39 is 0 Å². The summed E-state index contributed by atoms with van der Waals surface area (Å²) in [6.07, 6.45) is 3.78. The van der Waals surface area contributed by atoms with Crippen molar-refractivity contribution in [3.05, 3.63) is 45.8 Å². The minimum atomic E-state index is -0.125. The molecule has 2 aromatic heterocycles. The highest BCUT2D eigenvalue weighted by Gasteiger charge is 2.29. The summed E-state index contributed by atoms with van der Waals surface area (Å²) in [5.74, 6) is 0.911. The van der Waals surface area contributed by atoms with E-state index in [9.17, 15) is 0 Å². The normalized spacial score (nSPS) is 16.6. The summed E-state index contributed by atoms with van der Waals surface area (Å²) in [5, 5.41) is 1.04. The van der Waals surface area contributed by atoms with Crippen LogP contribution in [0.5, 0.6) is 0 Å². The number of hydrogen-bond donors (Lipinski definition) is 1. The molecule has 4 rings (SSSR count). The van der Waals surface area contributed by atoms with E-state index in [-0.39, 0.29) is 5.54 Å². The molecule has 0 amide bonds. The molecule has 8 heteroatoms. The molecular weight excluding hydrogens is 419 g/mol. The Hall–Kier alpha value is -1.86. The summed E-state index contributed by atoms with van der Waals surface area (Å²) >= 11 is 12.9. The Morgan fingerprint density at radius 1 is 1.20 bits per heavy atom. The number of imidazole rings is 1. The summed E-state index contributed by atoms with van der Waals surface area (Å²) in [6.45, 7) is 6.62. The van der Waals surface area contributed by atoms with Crippen molar-refractivity contribution in [2.45, 2.75) is 38.8 Å². The highest BCUT2D eigenvalue weighted by Crippen LogP contribution is 2.38.